The van der Waals surface area contributed by atoms with Crippen LogP contribution in [-0.2, 0) is 0 Å². The zero-order valence-electron chi connectivity index (χ0n) is 37.7. The van der Waals surface area contributed by atoms with E-state index in [0.29, 0.717) is 0 Å². The number of rotatable bonds is 9. The molecule has 0 aliphatic carbocycles. The first-order valence-electron chi connectivity index (χ1n) is 23.7. The Bertz CT molecular complexity index is 3840. The Morgan fingerprint density at radius 1 is 0.188 bits per heavy atom. The first-order chi connectivity index (χ1) is 34.1. The van der Waals surface area contributed by atoms with E-state index in [2.05, 4.69) is 237 Å². The molecule has 2 heteroatoms. The highest BCUT2D eigenvalue weighted by atomic mass is 16.3. The molecule has 2 nitrogen and oxygen atoms in total. The van der Waals surface area contributed by atoms with E-state index in [4.69, 9.17) is 8.83 Å². The fraction of sp³-hybridized carbons (Fsp3) is 0.0149. The molecule has 324 valence electrons. The van der Waals surface area contributed by atoms with E-state index in [1.54, 1.807) is 0 Å². The molecule has 2 aromatic heterocycles. The number of fused-ring (bicyclic) bond motifs is 6. The van der Waals surface area contributed by atoms with Gasteiger partial charge in [-0.2, -0.15) is 0 Å². The van der Waals surface area contributed by atoms with Gasteiger partial charge in [0.05, 0.1) is 0 Å². The zero-order chi connectivity index (χ0) is 45.7. The quantitative estimate of drug-likeness (QED) is 0.135. The number of para-hydroxylation sites is 2. The maximum absolute atomic E-state index is 6.18. The fourth-order valence-corrected chi connectivity index (χ4v) is 10.3. The Labute approximate surface area is 401 Å². The van der Waals surface area contributed by atoms with Gasteiger partial charge in [0.2, 0.25) is 0 Å². The first-order valence-corrected chi connectivity index (χ1v) is 23.7. The highest BCUT2D eigenvalue weighted by Gasteiger charge is 2.20. The summed E-state index contributed by atoms with van der Waals surface area (Å²) in [6.45, 7) is 0. The summed E-state index contributed by atoms with van der Waals surface area (Å²) in [5, 5.41) is 4.53. The second-order valence-corrected chi connectivity index (χ2v) is 18.0. The lowest BCUT2D eigenvalue weighted by molar-refractivity contribution is 0.668. The van der Waals surface area contributed by atoms with Gasteiger partial charge in [0.15, 0.2) is 0 Å². The molecule has 0 N–H and O–H groups in total. The highest BCUT2D eigenvalue weighted by Crippen LogP contribution is 2.40. The molecule has 0 saturated carbocycles. The summed E-state index contributed by atoms with van der Waals surface area (Å²) in [5.41, 5.74) is 21.5. The smallest absolute Gasteiger partial charge is 0.135 e. The molecule has 13 aromatic rings. The summed E-state index contributed by atoms with van der Waals surface area (Å²) in [6.07, 6.45) is 0. The Morgan fingerprint density at radius 2 is 0.478 bits per heavy atom. The van der Waals surface area contributed by atoms with Gasteiger partial charge in [-0.3, -0.25) is 0 Å². The van der Waals surface area contributed by atoms with E-state index >= 15 is 0 Å². The molecule has 0 spiro atoms. The Kier molecular flexibility index (Phi) is 9.95. The molecule has 0 fully saturated rings. The molecule has 0 bridgehead atoms. The Balaban J connectivity index is 0.903. The molecule has 69 heavy (non-hydrogen) atoms. The second-order valence-electron chi connectivity index (χ2n) is 18.0. The molecule has 0 atom stereocenters. The van der Waals surface area contributed by atoms with E-state index in [-0.39, 0.29) is 5.92 Å². The van der Waals surface area contributed by atoms with Gasteiger partial charge in [0.1, 0.15) is 22.3 Å². The van der Waals surface area contributed by atoms with Crippen molar-refractivity contribution in [2.24, 2.45) is 0 Å². The van der Waals surface area contributed by atoms with Crippen molar-refractivity contribution in [3.63, 3.8) is 0 Å². The molecule has 0 radical (unpaired) electrons. The summed E-state index contributed by atoms with van der Waals surface area (Å²) in [5.74, 6) is -0.0536. The predicted molar refractivity (Wildman–Crippen MR) is 287 cm³/mol. The third-order valence-electron chi connectivity index (χ3n) is 13.8. The van der Waals surface area contributed by atoms with Crippen molar-refractivity contribution in [3.05, 3.63) is 278 Å². The molecule has 2 heterocycles. The average molecular weight is 881 g/mol. The third kappa shape index (κ3) is 7.59. The van der Waals surface area contributed by atoms with Gasteiger partial charge < -0.3 is 8.83 Å². The van der Waals surface area contributed by atoms with E-state index in [0.717, 1.165) is 55.0 Å². The Morgan fingerprint density at radius 3 is 0.884 bits per heavy atom. The molecular formula is C67H44O2. The van der Waals surface area contributed by atoms with Crippen LogP contribution < -0.4 is 0 Å². The van der Waals surface area contributed by atoms with Crippen LogP contribution in [-0.4, -0.2) is 0 Å². The first kappa shape index (κ1) is 40.3. The summed E-state index contributed by atoms with van der Waals surface area (Å²) < 4.78 is 12.4. The van der Waals surface area contributed by atoms with E-state index in [9.17, 15) is 0 Å². The van der Waals surface area contributed by atoms with Gasteiger partial charge in [-0.15, -0.1) is 0 Å². The number of hydrogen-bond donors (Lipinski definition) is 0. The average Bonchev–Trinajstić information content (AvgIpc) is 3.99. The van der Waals surface area contributed by atoms with Crippen LogP contribution in [0.1, 0.15) is 22.6 Å². The van der Waals surface area contributed by atoms with Crippen molar-refractivity contribution in [2.45, 2.75) is 5.92 Å². The van der Waals surface area contributed by atoms with Crippen LogP contribution in [0.25, 0.3) is 111 Å². The summed E-state index contributed by atoms with van der Waals surface area (Å²) in [4.78, 5) is 0. The molecule has 13 rings (SSSR count). The summed E-state index contributed by atoms with van der Waals surface area (Å²) in [6, 6.07) is 94.4. The van der Waals surface area contributed by atoms with E-state index in [1.165, 1.54) is 72.3 Å². The van der Waals surface area contributed by atoms with Crippen molar-refractivity contribution >= 4 is 43.9 Å². The van der Waals surface area contributed by atoms with Crippen LogP contribution in [0.3, 0.4) is 0 Å². The van der Waals surface area contributed by atoms with E-state index in [1.807, 2.05) is 24.3 Å². The lowest BCUT2D eigenvalue weighted by Crippen LogP contribution is -2.04. The summed E-state index contributed by atoms with van der Waals surface area (Å²) >= 11 is 0. The van der Waals surface area contributed by atoms with Crippen molar-refractivity contribution < 1.29 is 8.83 Å². The van der Waals surface area contributed by atoms with Crippen LogP contribution in [0.5, 0.6) is 0 Å². The van der Waals surface area contributed by atoms with Crippen LogP contribution in [0, 0.1) is 0 Å². The largest absolute Gasteiger partial charge is 0.456 e. The van der Waals surface area contributed by atoms with Crippen molar-refractivity contribution in [1.29, 1.82) is 0 Å². The summed E-state index contributed by atoms with van der Waals surface area (Å²) in [7, 11) is 0. The molecule has 0 amide bonds. The van der Waals surface area contributed by atoms with Gasteiger partial charge in [-0.25, -0.2) is 0 Å². The maximum atomic E-state index is 6.18. The van der Waals surface area contributed by atoms with Crippen LogP contribution >= 0.6 is 0 Å². The molecule has 0 saturated heterocycles. The van der Waals surface area contributed by atoms with Crippen LogP contribution in [0.15, 0.2) is 270 Å². The Hall–Kier alpha value is -8.98. The second kappa shape index (κ2) is 17.0. The SMILES string of the molecule is c1ccc(-c2cccc(-c3cccc(C(c4cccc(-c5cccc(-c6ccc7oc8ccccc8c7c6)c5)c4)c4cccc(-c5cccc(-c6ccc7oc8ccccc8c7c6)c5)c4)c3)c2)cc1. The lowest BCUT2D eigenvalue weighted by atomic mass is 9.82. The topological polar surface area (TPSA) is 26.3 Å². The maximum Gasteiger partial charge on any atom is 0.135 e. The lowest BCUT2D eigenvalue weighted by Gasteiger charge is -2.22. The van der Waals surface area contributed by atoms with Gasteiger partial charge in [0.25, 0.3) is 0 Å². The standard InChI is InChI=1S/C67H44O2/c1-2-14-44(15-3-1)45-16-8-17-46(36-45)51-22-11-25-56(39-51)67(57-26-12-23-52(40-57)47-18-9-20-49(37-47)54-32-34-65-61(42-54)59-28-4-6-30-63(59)68-65)58-27-13-24-53(41-58)48-19-10-21-50(38-48)55-33-35-66-62(43-55)60-29-5-7-31-64(60)69-66/h1-43,67H. The molecule has 0 unspecified atom stereocenters. The van der Waals surface area contributed by atoms with Crippen molar-refractivity contribution in [2.75, 3.05) is 0 Å². The molecule has 0 aliphatic rings. The van der Waals surface area contributed by atoms with Crippen molar-refractivity contribution in [1.82, 2.24) is 0 Å². The van der Waals surface area contributed by atoms with Crippen molar-refractivity contribution in [3.8, 4) is 66.8 Å². The zero-order valence-corrected chi connectivity index (χ0v) is 37.7. The monoisotopic (exact) mass is 880 g/mol. The predicted octanol–water partition coefficient (Wildman–Crippen LogP) is 18.7. The number of furan rings is 2. The van der Waals surface area contributed by atoms with Gasteiger partial charge >= 0.3 is 0 Å². The third-order valence-corrected chi connectivity index (χ3v) is 13.8. The molecular weight excluding hydrogens is 837 g/mol. The van der Waals surface area contributed by atoms with E-state index < -0.39 is 0 Å². The minimum absolute atomic E-state index is 0.0536. The minimum Gasteiger partial charge on any atom is -0.456 e. The molecule has 11 aromatic carbocycles. The highest BCUT2D eigenvalue weighted by molar-refractivity contribution is 6.07. The fourth-order valence-electron chi connectivity index (χ4n) is 10.3. The van der Waals surface area contributed by atoms with Gasteiger partial charge in [-0.05, 0) is 138 Å². The van der Waals surface area contributed by atoms with Crippen LogP contribution in [0.4, 0.5) is 0 Å². The number of hydrogen-bond acceptors (Lipinski definition) is 2. The minimum atomic E-state index is -0.0536. The molecule has 0 aliphatic heterocycles. The van der Waals surface area contributed by atoms with Gasteiger partial charge in [0, 0.05) is 27.5 Å². The van der Waals surface area contributed by atoms with Crippen LogP contribution in [0.2, 0.25) is 0 Å². The number of benzene rings is 11. The normalized spacial score (nSPS) is 11.6. The van der Waals surface area contributed by atoms with Gasteiger partial charge in [-0.1, -0.05) is 206 Å².